The molecule has 0 spiro atoms. The fourth-order valence-corrected chi connectivity index (χ4v) is 11.5. The van der Waals surface area contributed by atoms with Crippen LogP contribution in [0.3, 0.4) is 0 Å². The zero-order chi connectivity index (χ0) is 40.8. The van der Waals surface area contributed by atoms with Gasteiger partial charge in [0.25, 0.3) is 8.32 Å². The predicted octanol–water partition coefficient (Wildman–Crippen LogP) is 8.64. The molecule has 1 heterocycles. The van der Waals surface area contributed by atoms with E-state index in [4.69, 9.17) is 20.8 Å². The van der Waals surface area contributed by atoms with Gasteiger partial charge in [0, 0.05) is 35.8 Å². The number of esters is 1. The van der Waals surface area contributed by atoms with Gasteiger partial charge in [0.1, 0.15) is 12.1 Å². The molecule has 0 saturated heterocycles. The average Bonchev–Trinajstić information content (AvgIpc) is 3.12. The van der Waals surface area contributed by atoms with E-state index in [0.29, 0.717) is 36.3 Å². The van der Waals surface area contributed by atoms with Crippen molar-refractivity contribution in [3.05, 3.63) is 107 Å². The molecule has 0 bridgehead atoms. The summed E-state index contributed by atoms with van der Waals surface area (Å²) in [4.78, 5) is 38.4. The smallest absolute Gasteiger partial charge is 0.333 e. The second-order valence-corrected chi connectivity index (χ2v) is 21.4. The van der Waals surface area contributed by atoms with E-state index < -0.39 is 19.8 Å². The summed E-state index contributed by atoms with van der Waals surface area (Å²) in [6.07, 6.45) is 11.3. The van der Waals surface area contributed by atoms with Crippen LogP contribution in [-0.2, 0) is 23.5 Å². The lowest BCUT2D eigenvalue weighted by atomic mass is 9.86. The number of amides is 2. The summed E-state index contributed by atoms with van der Waals surface area (Å²) in [7, 11) is -2.84. The van der Waals surface area contributed by atoms with Gasteiger partial charge in [-0.1, -0.05) is 157 Å². The molecule has 1 aliphatic heterocycles. The van der Waals surface area contributed by atoms with Crippen molar-refractivity contribution in [2.75, 3.05) is 0 Å². The standard InChI is InChI=1S/C46H61ClN2O5Si/c1-33(32-35(3)40-30-27-34(2)44(52)53-40)20-17-18-26-41(50)49-42(45(5,6)7)43(51)48-31-19-21-37(29-28-36(4)47)54-55(46(8,9)10,38-22-13-11-14-23-38)39-24-15-12-16-25-39/h11-16,19,22-25,27-28,31-32,35,37,40,42H,18,21,26,29-30H2,1-10H3,(H,48,51)(H,49,50)/b31-19-,33-32+,36-28+/t35-,37+,40-,42+/m0/s1. The highest BCUT2D eigenvalue weighted by molar-refractivity contribution is 6.99. The fourth-order valence-electron chi connectivity index (χ4n) is 6.68. The van der Waals surface area contributed by atoms with Crippen LogP contribution in [0.15, 0.2) is 107 Å². The largest absolute Gasteiger partial charge is 0.458 e. The zero-order valence-corrected chi connectivity index (χ0v) is 36.2. The van der Waals surface area contributed by atoms with E-state index >= 15 is 0 Å². The van der Waals surface area contributed by atoms with E-state index in [9.17, 15) is 14.4 Å². The Balaban J connectivity index is 1.68. The van der Waals surface area contributed by atoms with E-state index in [1.807, 2.05) is 78.0 Å². The molecule has 2 aromatic rings. The van der Waals surface area contributed by atoms with Gasteiger partial charge in [0.05, 0.1) is 6.10 Å². The number of halogens is 1. The number of carbonyl (C=O) groups is 3. The van der Waals surface area contributed by atoms with Crippen LogP contribution >= 0.6 is 11.6 Å². The summed E-state index contributed by atoms with van der Waals surface area (Å²) >= 11 is 6.33. The molecule has 9 heteroatoms. The second-order valence-electron chi connectivity index (χ2n) is 16.5. The second kappa shape index (κ2) is 20.7. The fraction of sp³-hybridized carbons (Fsp3) is 0.457. The van der Waals surface area contributed by atoms with Crippen LogP contribution < -0.4 is 21.0 Å². The minimum atomic E-state index is -2.84. The lowest BCUT2D eigenvalue weighted by Gasteiger charge is -2.45. The van der Waals surface area contributed by atoms with Crippen LogP contribution in [0.4, 0.5) is 0 Å². The van der Waals surface area contributed by atoms with Gasteiger partial charge >= 0.3 is 5.97 Å². The number of benzene rings is 2. The Morgan fingerprint density at radius 2 is 1.60 bits per heavy atom. The molecule has 2 amide bonds. The molecule has 4 atom stereocenters. The summed E-state index contributed by atoms with van der Waals surface area (Å²) < 4.78 is 12.9. The maximum absolute atomic E-state index is 13.5. The number of ether oxygens (including phenoxy) is 1. The summed E-state index contributed by atoms with van der Waals surface area (Å²) in [5, 5.41) is 8.72. The number of hydrogen-bond donors (Lipinski definition) is 2. The van der Waals surface area contributed by atoms with Gasteiger partial charge in [-0.15, -0.1) is 0 Å². The van der Waals surface area contributed by atoms with Crippen molar-refractivity contribution in [2.45, 2.75) is 125 Å². The minimum absolute atomic E-state index is 0.0126. The van der Waals surface area contributed by atoms with Crippen LogP contribution in [0, 0.1) is 23.2 Å². The lowest BCUT2D eigenvalue weighted by molar-refractivity contribution is -0.147. The maximum Gasteiger partial charge on any atom is 0.333 e. The van der Waals surface area contributed by atoms with E-state index in [2.05, 4.69) is 91.8 Å². The third kappa shape index (κ3) is 13.5. The van der Waals surface area contributed by atoms with Gasteiger partial charge in [-0.3, -0.25) is 9.59 Å². The first-order valence-corrected chi connectivity index (χ1v) is 21.5. The zero-order valence-electron chi connectivity index (χ0n) is 34.4. The summed E-state index contributed by atoms with van der Waals surface area (Å²) in [5.41, 5.74) is 0.947. The quantitative estimate of drug-likeness (QED) is 0.107. The average molecular weight is 786 g/mol. The molecule has 296 valence electrons. The van der Waals surface area contributed by atoms with Crippen LogP contribution in [0.5, 0.6) is 0 Å². The molecule has 1 aliphatic rings. The van der Waals surface area contributed by atoms with Gasteiger partial charge in [0.2, 0.25) is 11.8 Å². The van der Waals surface area contributed by atoms with E-state index in [1.165, 1.54) is 10.4 Å². The molecule has 0 radical (unpaired) electrons. The highest BCUT2D eigenvalue weighted by atomic mass is 35.5. The maximum atomic E-state index is 13.5. The Labute approximate surface area is 336 Å². The van der Waals surface area contributed by atoms with Crippen LogP contribution in [-0.4, -0.2) is 44.4 Å². The number of rotatable bonds is 15. The van der Waals surface area contributed by atoms with E-state index in [1.54, 1.807) is 13.1 Å². The summed E-state index contributed by atoms with van der Waals surface area (Å²) in [6.45, 7) is 20.0. The van der Waals surface area contributed by atoms with Crippen molar-refractivity contribution in [2.24, 2.45) is 11.3 Å². The van der Waals surface area contributed by atoms with Crippen LogP contribution in [0.25, 0.3) is 0 Å². The SMILES string of the molecule is CC1=CC[C@@H]([C@@H](C)/C=C(\C)C#CCCC(=O)N[C@H](C(=O)N/C=C\C[C@H](C/C=C(\C)Cl)O[Si](c2ccccc2)(c2ccccc2)C(C)(C)C)C(C)(C)C)OC1=O. The molecule has 0 saturated carbocycles. The van der Waals surface area contributed by atoms with Crippen molar-refractivity contribution in [1.29, 1.82) is 0 Å². The molecular formula is C46H61ClN2O5Si. The van der Waals surface area contributed by atoms with Crippen LogP contribution in [0.1, 0.15) is 101 Å². The number of nitrogens with one attached hydrogen (secondary N) is 2. The molecule has 2 aromatic carbocycles. The number of allylic oxidation sites excluding steroid dienone is 2. The number of cyclic esters (lactones) is 1. The molecule has 0 unspecified atom stereocenters. The number of carbonyl (C=O) groups excluding carboxylic acids is 3. The Kier molecular flexibility index (Phi) is 17.0. The molecule has 0 aromatic heterocycles. The van der Waals surface area contributed by atoms with Crippen molar-refractivity contribution < 1.29 is 23.5 Å². The Bertz CT molecular complexity index is 1750. The third-order valence-electron chi connectivity index (χ3n) is 9.70. The van der Waals surface area contributed by atoms with Crippen molar-refractivity contribution in [3.8, 4) is 11.8 Å². The van der Waals surface area contributed by atoms with E-state index in [0.717, 1.165) is 5.57 Å². The minimum Gasteiger partial charge on any atom is -0.458 e. The number of hydrogen-bond acceptors (Lipinski definition) is 5. The Hall–Kier alpha value is -4.16. The molecule has 2 N–H and O–H groups in total. The van der Waals surface area contributed by atoms with Gasteiger partial charge in [-0.05, 0) is 66.2 Å². The highest BCUT2D eigenvalue weighted by Gasteiger charge is 2.51. The molecule has 0 fully saturated rings. The van der Waals surface area contributed by atoms with Gasteiger partial charge in [0.15, 0.2) is 0 Å². The lowest BCUT2D eigenvalue weighted by Crippen LogP contribution is -2.67. The van der Waals surface area contributed by atoms with Gasteiger partial charge < -0.3 is 19.8 Å². The van der Waals surface area contributed by atoms with E-state index in [-0.39, 0.29) is 47.4 Å². The summed E-state index contributed by atoms with van der Waals surface area (Å²) in [6, 6.07) is 20.3. The predicted molar refractivity (Wildman–Crippen MR) is 228 cm³/mol. The molecule has 7 nitrogen and oxygen atoms in total. The molecule has 55 heavy (non-hydrogen) atoms. The first-order valence-electron chi connectivity index (χ1n) is 19.3. The Morgan fingerprint density at radius 3 is 2.13 bits per heavy atom. The van der Waals surface area contributed by atoms with Gasteiger partial charge in [-0.25, -0.2) is 4.79 Å². The van der Waals surface area contributed by atoms with Crippen molar-refractivity contribution >= 4 is 48.1 Å². The Morgan fingerprint density at radius 1 is 1.00 bits per heavy atom. The van der Waals surface area contributed by atoms with Gasteiger partial charge in [-0.2, -0.15) is 0 Å². The van der Waals surface area contributed by atoms with Crippen molar-refractivity contribution in [1.82, 2.24) is 10.6 Å². The summed E-state index contributed by atoms with van der Waals surface area (Å²) in [5.74, 6) is 5.35. The first kappa shape index (κ1) is 45.2. The molecule has 3 rings (SSSR count). The normalized spacial score (nSPS) is 17.3. The molecule has 0 aliphatic carbocycles. The van der Waals surface area contributed by atoms with Crippen LogP contribution in [0.2, 0.25) is 5.04 Å². The van der Waals surface area contributed by atoms with Crippen molar-refractivity contribution in [3.63, 3.8) is 0 Å². The topological polar surface area (TPSA) is 93.7 Å². The highest BCUT2D eigenvalue weighted by Crippen LogP contribution is 2.38. The monoisotopic (exact) mass is 784 g/mol. The molecular weight excluding hydrogens is 724 g/mol. The third-order valence-corrected chi connectivity index (χ3v) is 14.9. The first-order chi connectivity index (χ1) is 25.8.